The number of hydrogen-bond donors (Lipinski definition) is 2. The van der Waals surface area contributed by atoms with E-state index in [0.29, 0.717) is 15.6 Å². The van der Waals surface area contributed by atoms with E-state index < -0.39 is 27.7 Å². The van der Waals surface area contributed by atoms with Crippen molar-refractivity contribution in [1.82, 2.24) is 9.73 Å². The molecule has 4 rings (SSSR count). The first-order valence-electron chi connectivity index (χ1n) is 12.0. The van der Waals surface area contributed by atoms with Crippen molar-refractivity contribution >= 4 is 56.9 Å². The van der Waals surface area contributed by atoms with Crippen LogP contribution in [0.25, 0.3) is 0 Å². The minimum absolute atomic E-state index is 0.0600. The third kappa shape index (κ3) is 8.01. The summed E-state index contributed by atoms with van der Waals surface area (Å²) in [6.07, 6.45) is 1.15. The van der Waals surface area contributed by atoms with E-state index in [2.05, 4.69) is 15.8 Å². The van der Waals surface area contributed by atoms with Crippen LogP contribution in [0.2, 0.25) is 10.0 Å². The molecule has 2 N–H and O–H groups in total. The molecule has 0 aliphatic carbocycles. The average Bonchev–Trinajstić information content (AvgIpc) is 3.38. The third-order valence-electron chi connectivity index (χ3n) is 5.70. The van der Waals surface area contributed by atoms with Crippen molar-refractivity contribution < 1.29 is 26.8 Å². The van der Waals surface area contributed by atoms with Crippen LogP contribution >= 0.6 is 23.2 Å². The lowest BCUT2D eigenvalue weighted by Gasteiger charge is -2.22. The number of benzene rings is 3. The quantitative estimate of drug-likeness (QED) is 0.146. The predicted molar refractivity (Wildman–Crippen MR) is 154 cm³/mol. The minimum atomic E-state index is -3.97. The van der Waals surface area contributed by atoms with Gasteiger partial charge in [-0.15, -0.1) is 0 Å². The van der Waals surface area contributed by atoms with Crippen molar-refractivity contribution in [2.24, 2.45) is 5.10 Å². The van der Waals surface area contributed by atoms with Gasteiger partial charge >= 0.3 is 11.8 Å². The van der Waals surface area contributed by atoms with Gasteiger partial charge < -0.3 is 9.73 Å². The Hall–Kier alpha value is -4.03. The van der Waals surface area contributed by atoms with Crippen LogP contribution in [0.1, 0.15) is 22.6 Å². The molecule has 0 bridgehead atoms. The highest BCUT2D eigenvalue weighted by Gasteiger charge is 2.27. The SMILES string of the molecule is Cc1ccc(S(=O)(=O)N(Cc2ccc(/C=N/NC(=O)C(=O)Nc3ccc(F)cc3)o2)Cc2ccc(Cl)cc2Cl)cc1. The summed E-state index contributed by atoms with van der Waals surface area (Å²) in [6.45, 7) is 1.65. The van der Waals surface area contributed by atoms with E-state index >= 15 is 0 Å². The molecule has 0 radical (unpaired) electrons. The molecule has 4 aromatic rings. The zero-order chi connectivity index (χ0) is 29.6. The Balaban J connectivity index is 1.46. The van der Waals surface area contributed by atoms with Gasteiger partial charge in [0.15, 0.2) is 0 Å². The fourth-order valence-corrected chi connectivity index (χ4v) is 5.43. The molecule has 212 valence electrons. The molecule has 0 aliphatic heterocycles. The van der Waals surface area contributed by atoms with Crippen molar-refractivity contribution in [2.45, 2.75) is 24.9 Å². The first kappa shape index (κ1) is 29.9. The first-order valence-corrected chi connectivity index (χ1v) is 14.2. The molecule has 41 heavy (non-hydrogen) atoms. The maximum atomic E-state index is 13.6. The molecular formula is C28H23Cl2FN4O5S. The van der Waals surface area contributed by atoms with Gasteiger partial charge in [0.1, 0.15) is 17.3 Å². The molecule has 1 aromatic heterocycles. The first-order chi connectivity index (χ1) is 19.5. The molecule has 0 saturated heterocycles. The van der Waals surface area contributed by atoms with Gasteiger partial charge in [0.25, 0.3) is 0 Å². The van der Waals surface area contributed by atoms with E-state index in [0.717, 1.165) is 23.9 Å². The van der Waals surface area contributed by atoms with Crippen LogP contribution < -0.4 is 10.7 Å². The molecule has 3 aromatic carbocycles. The van der Waals surface area contributed by atoms with Crippen LogP contribution in [0.5, 0.6) is 0 Å². The van der Waals surface area contributed by atoms with Crippen LogP contribution in [0.15, 0.2) is 93.3 Å². The summed E-state index contributed by atoms with van der Waals surface area (Å²) in [7, 11) is -3.97. The Bertz CT molecular complexity index is 1690. The van der Waals surface area contributed by atoms with Crippen LogP contribution in [0, 0.1) is 12.7 Å². The topological polar surface area (TPSA) is 121 Å². The van der Waals surface area contributed by atoms with E-state index in [1.165, 1.54) is 40.7 Å². The molecule has 0 aliphatic rings. The highest BCUT2D eigenvalue weighted by Crippen LogP contribution is 2.27. The number of rotatable bonds is 9. The van der Waals surface area contributed by atoms with E-state index in [9.17, 15) is 22.4 Å². The summed E-state index contributed by atoms with van der Waals surface area (Å²) in [4.78, 5) is 24.1. The van der Waals surface area contributed by atoms with Gasteiger partial charge in [-0.1, -0.05) is 47.0 Å². The van der Waals surface area contributed by atoms with Crippen LogP contribution in [-0.4, -0.2) is 30.8 Å². The van der Waals surface area contributed by atoms with Gasteiger partial charge in [-0.05, 0) is 73.2 Å². The van der Waals surface area contributed by atoms with E-state index in [4.69, 9.17) is 27.6 Å². The normalized spacial score (nSPS) is 11.6. The lowest BCUT2D eigenvalue weighted by atomic mass is 10.2. The smallest absolute Gasteiger partial charge is 0.329 e. The Morgan fingerprint density at radius 2 is 1.66 bits per heavy atom. The molecule has 1 heterocycles. The Kier molecular flexibility index (Phi) is 9.56. The molecule has 9 nitrogen and oxygen atoms in total. The number of hydrogen-bond acceptors (Lipinski definition) is 6. The van der Waals surface area contributed by atoms with E-state index in [-0.39, 0.29) is 35.2 Å². The summed E-state index contributed by atoms with van der Waals surface area (Å²) in [5.74, 6) is -2.08. The maximum absolute atomic E-state index is 13.6. The summed E-state index contributed by atoms with van der Waals surface area (Å²) in [5, 5.41) is 6.74. The number of hydrazone groups is 1. The second kappa shape index (κ2) is 13.1. The fourth-order valence-electron chi connectivity index (χ4n) is 3.57. The number of furan rings is 1. The lowest BCUT2D eigenvalue weighted by molar-refractivity contribution is -0.136. The number of carbonyl (C=O) groups is 2. The summed E-state index contributed by atoms with van der Waals surface area (Å²) >= 11 is 12.3. The predicted octanol–water partition coefficient (Wildman–Crippen LogP) is 5.51. The Morgan fingerprint density at radius 1 is 0.951 bits per heavy atom. The molecule has 2 amide bonds. The van der Waals surface area contributed by atoms with Gasteiger partial charge in [-0.3, -0.25) is 9.59 Å². The molecule has 0 unspecified atom stereocenters. The number of carbonyl (C=O) groups excluding carboxylic acids is 2. The van der Waals surface area contributed by atoms with E-state index in [1.807, 2.05) is 6.92 Å². The number of anilines is 1. The molecule has 0 spiro atoms. The number of aryl methyl sites for hydroxylation is 1. The van der Waals surface area contributed by atoms with Gasteiger partial charge in [0.05, 0.1) is 17.7 Å². The minimum Gasteiger partial charge on any atom is -0.459 e. The zero-order valence-electron chi connectivity index (χ0n) is 21.5. The third-order valence-corrected chi connectivity index (χ3v) is 8.09. The average molecular weight is 617 g/mol. The number of halogens is 3. The van der Waals surface area contributed by atoms with Crippen LogP contribution in [-0.2, 0) is 32.7 Å². The van der Waals surface area contributed by atoms with Gasteiger partial charge in [0, 0.05) is 22.3 Å². The summed E-state index contributed by atoms with van der Waals surface area (Å²) in [5.41, 5.74) is 3.74. The second-order valence-corrected chi connectivity index (χ2v) is 11.6. The monoisotopic (exact) mass is 616 g/mol. The highest BCUT2D eigenvalue weighted by molar-refractivity contribution is 7.89. The van der Waals surface area contributed by atoms with Crippen molar-refractivity contribution in [3.63, 3.8) is 0 Å². The van der Waals surface area contributed by atoms with Crippen LogP contribution in [0.3, 0.4) is 0 Å². The zero-order valence-corrected chi connectivity index (χ0v) is 23.8. The molecule has 0 saturated carbocycles. The Labute approximate surface area is 245 Å². The van der Waals surface area contributed by atoms with Crippen molar-refractivity contribution in [1.29, 1.82) is 0 Å². The number of nitrogens with zero attached hydrogens (tertiary/aromatic N) is 2. The van der Waals surface area contributed by atoms with Crippen LogP contribution in [0.4, 0.5) is 10.1 Å². The number of amides is 2. The largest absolute Gasteiger partial charge is 0.459 e. The molecule has 0 fully saturated rings. The number of sulfonamides is 1. The highest BCUT2D eigenvalue weighted by atomic mass is 35.5. The van der Waals surface area contributed by atoms with Gasteiger partial charge in [0.2, 0.25) is 10.0 Å². The lowest BCUT2D eigenvalue weighted by Crippen LogP contribution is -2.32. The molecular weight excluding hydrogens is 594 g/mol. The summed E-state index contributed by atoms with van der Waals surface area (Å²) in [6, 6.07) is 19.2. The maximum Gasteiger partial charge on any atom is 0.329 e. The second-order valence-electron chi connectivity index (χ2n) is 8.79. The van der Waals surface area contributed by atoms with Crippen molar-refractivity contribution in [3.8, 4) is 0 Å². The molecule has 13 heteroatoms. The van der Waals surface area contributed by atoms with Crippen molar-refractivity contribution in [2.75, 3.05) is 5.32 Å². The van der Waals surface area contributed by atoms with E-state index in [1.54, 1.807) is 30.3 Å². The standard InChI is InChI=1S/C28H23Cl2FN4O5S/c1-18-2-12-25(13-3-18)41(38,39)35(16-19-4-5-20(29)14-26(19)30)17-24-11-10-23(40-24)15-32-34-28(37)27(36)33-22-8-6-21(31)7-9-22/h2-15H,16-17H2,1H3,(H,33,36)(H,34,37)/b32-15+. The Morgan fingerprint density at radius 3 is 2.34 bits per heavy atom. The van der Waals surface area contributed by atoms with Gasteiger partial charge in [-0.25, -0.2) is 18.2 Å². The van der Waals surface area contributed by atoms with Crippen molar-refractivity contribution in [3.05, 3.63) is 117 Å². The fraction of sp³-hybridized carbons (Fsp3) is 0.107. The molecule has 0 atom stereocenters. The number of nitrogens with one attached hydrogen (secondary N) is 2. The summed E-state index contributed by atoms with van der Waals surface area (Å²) < 4.78 is 47.1. The van der Waals surface area contributed by atoms with Gasteiger partial charge in [-0.2, -0.15) is 9.41 Å².